The van der Waals surface area contributed by atoms with Crippen molar-refractivity contribution >= 4 is 0 Å². The quantitative estimate of drug-likeness (QED) is 0.131. The third-order valence-corrected chi connectivity index (χ3v) is 8.93. The molecule has 0 aliphatic heterocycles. The number of phenolic OH excluding ortho intramolecular Hbond substituents is 1. The summed E-state index contributed by atoms with van der Waals surface area (Å²) in [7, 11) is 0. The van der Waals surface area contributed by atoms with E-state index in [0.29, 0.717) is 35.4 Å². The van der Waals surface area contributed by atoms with Crippen molar-refractivity contribution < 1.29 is 56.6 Å². The topological polar surface area (TPSA) is 66.4 Å². The fourth-order valence-corrected chi connectivity index (χ4v) is 5.91. The van der Waals surface area contributed by atoms with E-state index in [1.165, 1.54) is 18.2 Å². The number of rotatable bonds is 11. The highest BCUT2D eigenvalue weighted by atomic mass is 19.4. The molecule has 0 bridgehead atoms. The lowest BCUT2D eigenvalue weighted by molar-refractivity contribution is -0.138. The molecule has 7 aromatic rings. The maximum atomic E-state index is 13.4. The number of alkyl halides is 6. The van der Waals surface area contributed by atoms with Crippen LogP contribution in [0.4, 0.5) is 26.3 Å². The van der Waals surface area contributed by atoms with E-state index >= 15 is 0 Å². The number of benzene rings is 7. The second-order valence-corrected chi connectivity index (χ2v) is 14.0. The van der Waals surface area contributed by atoms with Crippen molar-refractivity contribution in [1.29, 1.82) is 0 Å². The van der Waals surface area contributed by atoms with E-state index in [1.807, 2.05) is 62.4 Å². The maximum absolute atomic E-state index is 13.4. The minimum Gasteiger partial charge on any atom is -0.508 e. The lowest BCUT2D eigenvalue weighted by Crippen LogP contribution is -2.05. The van der Waals surface area contributed by atoms with Gasteiger partial charge in [-0.1, -0.05) is 66.7 Å². The SMILES string of the molecule is Cc1cc(O)cc(Oc2ccc(C(F)(F)F)cc2Oc2ccccc2C)c1.Cc1cc(OCc2ccccc2)cc(Oc2ccc(C(F)(F)F)cc2Oc2ccccc2C)c1.[HH]. The van der Waals surface area contributed by atoms with E-state index in [1.54, 1.807) is 74.5 Å². The Balaban J connectivity index is 0.000000236. The molecule has 0 aliphatic carbocycles. The number of aromatic hydroxyl groups is 1. The lowest BCUT2D eigenvalue weighted by Gasteiger charge is -2.17. The van der Waals surface area contributed by atoms with Crippen LogP contribution in [-0.2, 0) is 19.0 Å². The summed E-state index contributed by atoms with van der Waals surface area (Å²) in [5.41, 5.74) is 2.55. The van der Waals surface area contributed by atoms with Crippen LogP contribution in [0.5, 0.6) is 57.5 Å². The highest BCUT2D eigenvalue weighted by Gasteiger charge is 2.33. The van der Waals surface area contributed by atoms with Crippen LogP contribution in [0.1, 0.15) is 40.4 Å². The minimum absolute atomic E-state index is 0. The van der Waals surface area contributed by atoms with Crippen LogP contribution in [0.15, 0.2) is 152 Å². The number of halogens is 6. The molecule has 61 heavy (non-hydrogen) atoms. The van der Waals surface area contributed by atoms with Gasteiger partial charge < -0.3 is 28.8 Å². The molecule has 12 heteroatoms. The van der Waals surface area contributed by atoms with Gasteiger partial charge in [-0.15, -0.1) is 0 Å². The van der Waals surface area contributed by atoms with Crippen molar-refractivity contribution in [3.63, 3.8) is 0 Å². The minimum atomic E-state index is -4.51. The van der Waals surface area contributed by atoms with Crippen molar-refractivity contribution in [2.75, 3.05) is 0 Å². The molecule has 1 N–H and O–H groups in total. The average molecular weight is 841 g/mol. The summed E-state index contributed by atoms with van der Waals surface area (Å²) < 4.78 is 109. The summed E-state index contributed by atoms with van der Waals surface area (Å²) in [5.74, 6) is 2.35. The lowest BCUT2D eigenvalue weighted by atomic mass is 10.1. The van der Waals surface area contributed by atoms with Gasteiger partial charge in [-0.25, -0.2) is 0 Å². The number of para-hydroxylation sites is 2. The van der Waals surface area contributed by atoms with Gasteiger partial charge in [0, 0.05) is 13.6 Å². The molecule has 0 radical (unpaired) electrons. The van der Waals surface area contributed by atoms with Gasteiger partial charge in [0.15, 0.2) is 23.0 Å². The van der Waals surface area contributed by atoms with Crippen molar-refractivity contribution in [1.82, 2.24) is 0 Å². The first-order chi connectivity index (χ1) is 29.0. The maximum Gasteiger partial charge on any atom is 0.416 e. The van der Waals surface area contributed by atoms with E-state index < -0.39 is 23.5 Å². The Kier molecular flexibility index (Phi) is 13.5. The molecule has 0 heterocycles. The second kappa shape index (κ2) is 18.9. The van der Waals surface area contributed by atoms with Crippen molar-refractivity contribution in [2.45, 2.75) is 46.7 Å². The molecule has 6 nitrogen and oxygen atoms in total. The Bertz CT molecular complexity index is 2580. The molecular weight excluding hydrogens is 799 g/mol. The van der Waals surface area contributed by atoms with Crippen LogP contribution < -0.4 is 23.7 Å². The molecule has 0 saturated heterocycles. The molecule has 7 rings (SSSR count). The first-order valence-electron chi connectivity index (χ1n) is 18.8. The first kappa shape index (κ1) is 43.5. The van der Waals surface area contributed by atoms with Gasteiger partial charge in [-0.3, -0.25) is 0 Å². The first-order valence-corrected chi connectivity index (χ1v) is 18.8. The van der Waals surface area contributed by atoms with Crippen molar-refractivity contribution in [3.8, 4) is 57.5 Å². The second-order valence-electron chi connectivity index (χ2n) is 14.0. The van der Waals surface area contributed by atoms with Gasteiger partial charge in [-0.2, -0.15) is 26.3 Å². The fourth-order valence-electron chi connectivity index (χ4n) is 5.91. The fraction of sp³-hybridized carbons (Fsp3) is 0.143. The molecule has 316 valence electrons. The molecule has 0 aliphatic rings. The largest absolute Gasteiger partial charge is 0.508 e. The summed E-state index contributed by atoms with van der Waals surface area (Å²) in [6.07, 6.45) is -9.02. The number of hydrogen-bond donors (Lipinski definition) is 1. The van der Waals surface area contributed by atoms with Gasteiger partial charge in [-0.05, 0) is 128 Å². The number of ether oxygens (including phenoxy) is 5. The van der Waals surface area contributed by atoms with E-state index in [-0.39, 0.29) is 30.2 Å². The molecule has 0 atom stereocenters. The van der Waals surface area contributed by atoms with Gasteiger partial charge in [0.1, 0.15) is 41.1 Å². The Morgan fingerprint density at radius 3 is 1.34 bits per heavy atom. The number of aryl methyl sites for hydroxylation is 4. The summed E-state index contributed by atoms with van der Waals surface area (Å²) in [6.45, 7) is 7.65. The van der Waals surface area contributed by atoms with Gasteiger partial charge in [0.2, 0.25) is 0 Å². The summed E-state index contributed by atoms with van der Waals surface area (Å²) in [4.78, 5) is 0. The zero-order valence-electron chi connectivity index (χ0n) is 33.4. The summed E-state index contributed by atoms with van der Waals surface area (Å²) in [6, 6.07) is 40.0. The summed E-state index contributed by atoms with van der Waals surface area (Å²) in [5, 5.41) is 9.70. The Hall–Kier alpha value is -7.08. The normalized spacial score (nSPS) is 11.2. The predicted octanol–water partition coefficient (Wildman–Crippen LogP) is 15.3. The van der Waals surface area contributed by atoms with Crippen LogP contribution in [0, 0.1) is 27.7 Å². The number of phenols is 1. The average Bonchev–Trinajstić information content (AvgIpc) is 3.19. The van der Waals surface area contributed by atoms with E-state index in [4.69, 9.17) is 23.7 Å². The van der Waals surface area contributed by atoms with Gasteiger partial charge >= 0.3 is 12.4 Å². The van der Waals surface area contributed by atoms with Crippen LogP contribution in [-0.4, -0.2) is 5.11 Å². The zero-order valence-corrected chi connectivity index (χ0v) is 33.4. The van der Waals surface area contributed by atoms with Crippen LogP contribution in [0.3, 0.4) is 0 Å². The molecule has 0 amide bonds. The summed E-state index contributed by atoms with van der Waals surface area (Å²) >= 11 is 0. The van der Waals surface area contributed by atoms with Crippen molar-refractivity contribution in [2.24, 2.45) is 0 Å². The third-order valence-electron chi connectivity index (χ3n) is 8.93. The molecule has 0 saturated carbocycles. The Labute approximate surface area is 350 Å². The standard InChI is InChI=1S/C28H23F3O3.C21H17F3O3.H2/c1-19-14-23(32-18-21-9-4-3-5-10-21)17-24(15-19)33-26-13-12-22(28(29,30)31)16-27(26)34-25-11-7-6-8-20(25)2;1-13-9-16(25)12-17(10-13)26-19-8-7-15(21(22,23)24)11-20(19)27-18-6-4-3-5-14(18)2;/h3-17H,18H2,1-2H3;3-12,25H,1-2H3;1H. The van der Waals surface area contributed by atoms with Crippen LogP contribution in [0.2, 0.25) is 0 Å². The molecule has 0 unspecified atom stereocenters. The number of hydrogen-bond acceptors (Lipinski definition) is 6. The van der Waals surface area contributed by atoms with Crippen LogP contribution in [0.25, 0.3) is 0 Å². The third kappa shape index (κ3) is 12.2. The smallest absolute Gasteiger partial charge is 0.416 e. The van der Waals surface area contributed by atoms with Crippen molar-refractivity contribution in [3.05, 3.63) is 191 Å². The highest BCUT2D eigenvalue weighted by Crippen LogP contribution is 2.43. The zero-order chi connectivity index (χ0) is 43.7. The van der Waals surface area contributed by atoms with Crippen LogP contribution >= 0.6 is 0 Å². The molecule has 0 spiro atoms. The highest BCUT2D eigenvalue weighted by molar-refractivity contribution is 5.52. The predicted molar refractivity (Wildman–Crippen MR) is 222 cm³/mol. The van der Waals surface area contributed by atoms with E-state index in [9.17, 15) is 31.4 Å². The Morgan fingerprint density at radius 1 is 0.426 bits per heavy atom. The van der Waals surface area contributed by atoms with Gasteiger partial charge in [0.05, 0.1) is 11.1 Å². The monoisotopic (exact) mass is 840 g/mol. The molecule has 7 aromatic carbocycles. The molecule has 0 aromatic heterocycles. The van der Waals surface area contributed by atoms with E-state index in [0.717, 1.165) is 52.1 Å². The molecule has 0 fully saturated rings. The Morgan fingerprint density at radius 2 is 0.869 bits per heavy atom. The molecular formula is C49H42F6O6. The van der Waals surface area contributed by atoms with Gasteiger partial charge in [0.25, 0.3) is 0 Å². The van der Waals surface area contributed by atoms with E-state index in [2.05, 4.69) is 0 Å².